The quantitative estimate of drug-likeness (QED) is 0.668. The van der Waals surface area contributed by atoms with Gasteiger partial charge >= 0.3 is 5.97 Å². The highest BCUT2D eigenvalue weighted by atomic mass is 16.6. The Morgan fingerprint density at radius 2 is 1.87 bits per heavy atom. The second-order valence-corrected chi connectivity index (χ2v) is 5.21. The maximum absolute atomic E-state index is 12.3. The largest absolute Gasteiger partial charge is 0.508 e. The molecule has 0 saturated heterocycles. The van der Waals surface area contributed by atoms with Crippen LogP contribution in [0.25, 0.3) is 0 Å². The van der Waals surface area contributed by atoms with Crippen molar-refractivity contribution in [3.63, 3.8) is 0 Å². The van der Waals surface area contributed by atoms with Gasteiger partial charge in [0, 0.05) is 17.2 Å². The van der Waals surface area contributed by atoms with Crippen LogP contribution in [0.1, 0.15) is 17.0 Å². The topological polar surface area (TPSA) is 85.2 Å². The van der Waals surface area contributed by atoms with E-state index in [1.165, 1.54) is 26.4 Å². The maximum Gasteiger partial charge on any atom is 0.319 e. The molecule has 0 aromatic heterocycles. The number of benzene rings is 2. The first-order valence-corrected chi connectivity index (χ1v) is 7.02. The number of aromatic hydroxyl groups is 2. The summed E-state index contributed by atoms with van der Waals surface area (Å²) in [6.07, 6.45) is 0.338. The zero-order chi connectivity index (χ0) is 16.6. The standard InChI is InChI=1S/C17H16O6/c1-21-10-4-5-11(14(19)8-10)12-7-9-3-6-13(18)16(22-2)15(9)23-17(12)20/h3-6,8,12,18-19H,7H2,1-2H3. The third kappa shape index (κ3) is 2.52. The third-order valence-electron chi connectivity index (χ3n) is 3.90. The minimum absolute atomic E-state index is 0.0273. The molecular formula is C17H16O6. The average Bonchev–Trinajstić information content (AvgIpc) is 2.54. The summed E-state index contributed by atoms with van der Waals surface area (Å²) in [5.74, 6) is -0.410. The summed E-state index contributed by atoms with van der Waals surface area (Å²) in [7, 11) is 2.89. The SMILES string of the molecule is COc1ccc(C2Cc3ccc(O)c(OC)c3OC2=O)c(O)c1. The molecule has 3 rings (SSSR count). The summed E-state index contributed by atoms with van der Waals surface area (Å²) < 4.78 is 15.5. The molecule has 0 radical (unpaired) electrons. The number of esters is 1. The van der Waals surface area contributed by atoms with Gasteiger partial charge in [0.15, 0.2) is 11.5 Å². The molecule has 0 spiro atoms. The van der Waals surface area contributed by atoms with Gasteiger partial charge in [0.2, 0.25) is 5.75 Å². The second-order valence-electron chi connectivity index (χ2n) is 5.21. The number of rotatable bonds is 3. The number of carbonyl (C=O) groups excluding carboxylic acids is 1. The van der Waals surface area contributed by atoms with Crippen molar-refractivity contribution in [1.29, 1.82) is 0 Å². The van der Waals surface area contributed by atoms with Crippen molar-refractivity contribution in [1.82, 2.24) is 0 Å². The van der Waals surface area contributed by atoms with E-state index in [0.29, 0.717) is 17.7 Å². The highest BCUT2D eigenvalue weighted by Gasteiger charge is 2.34. The maximum atomic E-state index is 12.3. The molecule has 23 heavy (non-hydrogen) atoms. The molecule has 2 aromatic carbocycles. The first kappa shape index (κ1) is 15.0. The molecule has 120 valence electrons. The van der Waals surface area contributed by atoms with E-state index in [1.807, 2.05) is 0 Å². The molecule has 1 heterocycles. The number of phenols is 2. The Morgan fingerprint density at radius 1 is 1.09 bits per heavy atom. The fraction of sp³-hybridized carbons (Fsp3) is 0.235. The lowest BCUT2D eigenvalue weighted by Crippen LogP contribution is -2.26. The summed E-state index contributed by atoms with van der Waals surface area (Å²) in [6.45, 7) is 0. The number of methoxy groups -OCH3 is 2. The monoisotopic (exact) mass is 316 g/mol. The van der Waals surface area contributed by atoms with Crippen LogP contribution >= 0.6 is 0 Å². The van der Waals surface area contributed by atoms with E-state index in [9.17, 15) is 15.0 Å². The number of hydrogen-bond donors (Lipinski definition) is 2. The molecule has 1 aliphatic rings. The predicted molar refractivity (Wildman–Crippen MR) is 81.4 cm³/mol. The van der Waals surface area contributed by atoms with Gasteiger partial charge in [-0.2, -0.15) is 0 Å². The van der Waals surface area contributed by atoms with Crippen LogP contribution in [-0.4, -0.2) is 30.4 Å². The van der Waals surface area contributed by atoms with Gasteiger partial charge in [-0.15, -0.1) is 0 Å². The first-order valence-electron chi connectivity index (χ1n) is 7.02. The molecule has 1 unspecified atom stereocenters. The van der Waals surface area contributed by atoms with E-state index in [4.69, 9.17) is 14.2 Å². The number of ether oxygens (including phenoxy) is 3. The normalized spacial score (nSPS) is 16.4. The molecule has 0 fully saturated rings. The van der Waals surface area contributed by atoms with Gasteiger partial charge in [0.25, 0.3) is 0 Å². The minimum atomic E-state index is -0.636. The average molecular weight is 316 g/mol. The molecule has 2 N–H and O–H groups in total. The third-order valence-corrected chi connectivity index (χ3v) is 3.90. The molecule has 6 heteroatoms. The lowest BCUT2D eigenvalue weighted by molar-refractivity contribution is -0.137. The molecule has 1 aliphatic heterocycles. The molecule has 6 nitrogen and oxygen atoms in total. The molecule has 0 saturated carbocycles. The molecule has 0 amide bonds. The van der Waals surface area contributed by atoms with Crippen molar-refractivity contribution in [3.8, 4) is 28.7 Å². The van der Waals surface area contributed by atoms with Crippen LogP contribution in [0.4, 0.5) is 0 Å². The molecule has 1 atom stereocenters. The number of phenolic OH excluding ortho intramolecular Hbond substituents is 2. The van der Waals surface area contributed by atoms with E-state index < -0.39 is 11.9 Å². The van der Waals surface area contributed by atoms with Crippen LogP contribution in [0.5, 0.6) is 28.7 Å². The Balaban J connectivity index is 2.00. The van der Waals surface area contributed by atoms with Gasteiger partial charge in [-0.25, -0.2) is 0 Å². The predicted octanol–water partition coefficient (Wildman–Crippen LogP) is 2.36. The summed E-state index contributed by atoms with van der Waals surface area (Å²) in [5.41, 5.74) is 1.19. The van der Waals surface area contributed by atoms with Crippen molar-refractivity contribution < 1.29 is 29.2 Å². The zero-order valence-corrected chi connectivity index (χ0v) is 12.7. The Morgan fingerprint density at radius 3 is 2.52 bits per heavy atom. The first-order chi connectivity index (χ1) is 11.0. The fourth-order valence-corrected chi connectivity index (χ4v) is 2.72. The Bertz CT molecular complexity index is 768. The molecule has 2 aromatic rings. The summed E-state index contributed by atoms with van der Waals surface area (Å²) in [5, 5.41) is 19.9. The van der Waals surface area contributed by atoms with Crippen LogP contribution in [0.15, 0.2) is 30.3 Å². The number of hydrogen-bond acceptors (Lipinski definition) is 6. The zero-order valence-electron chi connectivity index (χ0n) is 12.7. The van der Waals surface area contributed by atoms with E-state index in [0.717, 1.165) is 5.56 Å². The Labute approximate surface area is 132 Å². The van der Waals surface area contributed by atoms with Crippen molar-refractivity contribution in [2.75, 3.05) is 14.2 Å². The van der Waals surface area contributed by atoms with Gasteiger partial charge in [0.05, 0.1) is 20.1 Å². The van der Waals surface area contributed by atoms with E-state index in [-0.39, 0.29) is 23.0 Å². The number of fused-ring (bicyclic) bond motifs is 1. The minimum Gasteiger partial charge on any atom is -0.508 e. The molecular weight excluding hydrogens is 300 g/mol. The number of carbonyl (C=O) groups is 1. The molecule has 0 bridgehead atoms. The smallest absolute Gasteiger partial charge is 0.319 e. The summed E-state index contributed by atoms with van der Waals surface area (Å²) >= 11 is 0. The Kier molecular flexibility index (Phi) is 3.73. The van der Waals surface area contributed by atoms with Crippen LogP contribution in [0, 0.1) is 0 Å². The van der Waals surface area contributed by atoms with Crippen molar-refractivity contribution in [2.24, 2.45) is 0 Å². The van der Waals surface area contributed by atoms with E-state index in [1.54, 1.807) is 18.2 Å². The van der Waals surface area contributed by atoms with Crippen molar-refractivity contribution in [2.45, 2.75) is 12.3 Å². The second kappa shape index (κ2) is 5.72. The van der Waals surface area contributed by atoms with Gasteiger partial charge in [-0.1, -0.05) is 12.1 Å². The summed E-state index contributed by atoms with van der Waals surface area (Å²) in [4.78, 5) is 12.3. The van der Waals surface area contributed by atoms with Gasteiger partial charge in [0.1, 0.15) is 11.5 Å². The van der Waals surface area contributed by atoms with E-state index >= 15 is 0 Å². The lowest BCUT2D eigenvalue weighted by atomic mass is 9.89. The van der Waals surface area contributed by atoms with Crippen LogP contribution in [0.2, 0.25) is 0 Å². The van der Waals surface area contributed by atoms with Crippen LogP contribution in [0.3, 0.4) is 0 Å². The van der Waals surface area contributed by atoms with Gasteiger partial charge in [-0.3, -0.25) is 4.79 Å². The summed E-state index contributed by atoms with van der Waals surface area (Å²) in [6, 6.07) is 7.93. The highest BCUT2D eigenvalue weighted by molar-refractivity contribution is 5.85. The van der Waals surface area contributed by atoms with Crippen LogP contribution in [-0.2, 0) is 11.2 Å². The Hall–Kier alpha value is -2.89. The van der Waals surface area contributed by atoms with E-state index in [2.05, 4.69) is 0 Å². The molecule has 0 aliphatic carbocycles. The highest BCUT2D eigenvalue weighted by Crippen LogP contribution is 2.45. The fourth-order valence-electron chi connectivity index (χ4n) is 2.72. The van der Waals surface area contributed by atoms with Crippen molar-refractivity contribution in [3.05, 3.63) is 41.5 Å². The van der Waals surface area contributed by atoms with Gasteiger partial charge < -0.3 is 24.4 Å². The van der Waals surface area contributed by atoms with Gasteiger partial charge in [-0.05, 0) is 18.6 Å². The van der Waals surface area contributed by atoms with Crippen LogP contribution < -0.4 is 14.2 Å². The van der Waals surface area contributed by atoms with Crippen molar-refractivity contribution >= 4 is 5.97 Å². The lowest BCUT2D eigenvalue weighted by Gasteiger charge is -2.25.